The molecule has 3 aliphatic heterocycles. The maximum atomic E-state index is 13.9. The van der Waals surface area contributed by atoms with Crippen LogP contribution in [0.2, 0.25) is 0 Å². The monoisotopic (exact) mass is 1010 g/mol. The number of sulfone groups is 1. The molecule has 4 aliphatic rings. The Balaban J connectivity index is 0.00000199. The fourth-order valence-electron chi connectivity index (χ4n) is 10.2. The van der Waals surface area contributed by atoms with Crippen LogP contribution in [0.3, 0.4) is 0 Å². The summed E-state index contributed by atoms with van der Waals surface area (Å²) in [4.78, 5) is 117. The Labute approximate surface area is 412 Å². The lowest BCUT2D eigenvalue weighted by Crippen LogP contribution is -2.60. The van der Waals surface area contributed by atoms with Crippen LogP contribution in [-0.4, -0.2) is 122 Å². The highest BCUT2D eigenvalue weighted by molar-refractivity contribution is 7.92. The lowest BCUT2D eigenvalue weighted by molar-refractivity contribution is -0.145. The molecule has 4 heterocycles. The fourth-order valence-corrected chi connectivity index (χ4v) is 11.3. The zero-order valence-corrected chi connectivity index (χ0v) is 41.6. The van der Waals surface area contributed by atoms with Gasteiger partial charge in [-0.2, -0.15) is 0 Å². The number of carboxylic acid groups (broad SMARTS) is 1. The van der Waals surface area contributed by atoms with E-state index >= 15 is 0 Å². The van der Waals surface area contributed by atoms with E-state index in [0.717, 1.165) is 50.1 Å². The third kappa shape index (κ3) is 13.1. The Morgan fingerprint density at radius 1 is 0.873 bits per heavy atom. The van der Waals surface area contributed by atoms with Gasteiger partial charge in [0.1, 0.15) is 24.2 Å². The molecular weight excluding hydrogens is 939 g/mol. The summed E-state index contributed by atoms with van der Waals surface area (Å²) in [6.45, 7) is 4.67. The van der Waals surface area contributed by atoms with E-state index in [4.69, 9.17) is 21.4 Å². The minimum Gasteiger partial charge on any atom is -0.481 e. The molecule has 1 saturated carbocycles. The molecule has 5 atom stereocenters. The Morgan fingerprint density at radius 2 is 1.52 bits per heavy atom. The topological polar surface area (TPSA) is 312 Å². The van der Waals surface area contributed by atoms with E-state index in [9.17, 15) is 46.8 Å². The number of hydrogen-bond acceptors (Lipinski definition) is 12. The molecule has 7 amide bonds. The van der Waals surface area contributed by atoms with E-state index in [2.05, 4.69) is 16.0 Å². The lowest BCUT2D eigenvalue weighted by atomic mass is 9.78. The van der Waals surface area contributed by atoms with Crippen molar-refractivity contribution in [3.05, 3.63) is 64.1 Å². The fraction of sp³-hybridized carbons (Fsp3) is 0.571. The van der Waals surface area contributed by atoms with Crippen molar-refractivity contribution in [2.45, 2.75) is 151 Å². The molecule has 22 heteroatoms. The van der Waals surface area contributed by atoms with Gasteiger partial charge in [0.25, 0.3) is 5.97 Å². The van der Waals surface area contributed by atoms with Gasteiger partial charge in [-0.15, -0.1) is 0 Å². The van der Waals surface area contributed by atoms with Gasteiger partial charge in [0.05, 0.1) is 21.2 Å². The average Bonchev–Trinajstić information content (AvgIpc) is 3.84. The standard InChI is InChI=1S/C47H63N9O10S.C2H4O2/c1-27(2)67(65,66)33-12-8-30(9-13-33)25-50-43(60)35(14-18-40(49)57)51-44(61)37-16-11-32-20-21-54(26-34(48)46(63)55(32)37)42(59)24-29-6-4-28(5-7-29)22-31-10-15-36-39(23-31)53(3)47(64)56(36)38-17-19-41(58)52-45(38)62;1-2(3)4/h8-10,12-13,15,23,27-29,32,34-35,37-38H,4-7,11,14,16-22,24-26,48H2,1-3H3,(H2,49,57)(H,50,60)(H,51,61)(H,52,58,62);1H3,(H,3,4)/t28?,29?,32-,34+,35+,37+,38?;/m1./s1. The maximum Gasteiger partial charge on any atom is 0.329 e. The van der Waals surface area contributed by atoms with Crippen LogP contribution in [0.1, 0.15) is 115 Å². The van der Waals surface area contributed by atoms with Crippen LogP contribution < -0.4 is 33.1 Å². The number of aryl methyl sites for hydroxylation is 1. The van der Waals surface area contributed by atoms with Crippen LogP contribution >= 0.6 is 0 Å². The Kier molecular flexibility index (Phi) is 17.6. The quantitative estimate of drug-likeness (QED) is 0.117. The third-order valence-corrected chi connectivity index (χ3v) is 16.3. The van der Waals surface area contributed by atoms with Gasteiger partial charge in [-0.1, -0.05) is 18.2 Å². The van der Waals surface area contributed by atoms with Crippen molar-refractivity contribution in [2.24, 2.45) is 30.4 Å². The van der Waals surface area contributed by atoms with Gasteiger partial charge in [-0.25, -0.2) is 13.2 Å². The molecule has 386 valence electrons. The molecule has 0 radical (unpaired) electrons. The second kappa shape index (κ2) is 23.2. The Morgan fingerprint density at radius 3 is 2.15 bits per heavy atom. The van der Waals surface area contributed by atoms with Crippen molar-refractivity contribution in [1.29, 1.82) is 0 Å². The van der Waals surface area contributed by atoms with Crippen molar-refractivity contribution in [1.82, 2.24) is 34.9 Å². The van der Waals surface area contributed by atoms with Gasteiger partial charge >= 0.3 is 5.69 Å². The first-order valence-electron chi connectivity index (χ1n) is 24.3. The van der Waals surface area contributed by atoms with Crippen LogP contribution in [0, 0.1) is 11.8 Å². The van der Waals surface area contributed by atoms with Crippen molar-refractivity contribution >= 4 is 68.2 Å². The van der Waals surface area contributed by atoms with E-state index < -0.39 is 74.8 Å². The number of benzene rings is 2. The zero-order chi connectivity index (χ0) is 51.9. The molecule has 1 aromatic heterocycles. The number of rotatable bonds is 15. The largest absolute Gasteiger partial charge is 0.481 e. The molecule has 2 aromatic carbocycles. The summed E-state index contributed by atoms with van der Waals surface area (Å²) in [6, 6.07) is 7.79. The Bertz CT molecular complexity index is 2690. The molecule has 1 unspecified atom stereocenters. The number of amides is 7. The van der Waals surface area contributed by atoms with Gasteiger partial charge in [-0.3, -0.25) is 52.8 Å². The van der Waals surface area contributed by atoms with E-state index in [0.29, 0.717) is 49.2 Å². The van der Waals surface area contributed by atoms with Gasteiger partial charge in [0.15, 0.2) is 9.84 Å². The second-order valence-electron chi connectivity index (χ2n) is 19.6. The summed E-state index contributed by atoms with van der Waals surface area (Å²) < 4.78 is 28.1. The SMILES string of the molecule is CC(=O)O.CC(C)S(=O)(=O)c1ccc(CNC(=O)[C@H](CCC(N)=O)NC(=O)[C@@H]2CC[C@@H]3CCN(C(=O)CC4CCC(Cc5ccc6c(c5)n(C)c(=O)n6C5CCC(=O)NC5=O)CC4)C[C@H](N)C(=O)N32)cc1. The van der Waals surface area contributed by atoms with Gasteiger partial charge in [0.2, 0.25) is 41.4 Å². The van der Waals surface area contributed by atoms with Crippen LogP contribution in [-0.2, 0) is 68.2 Å². The number of hydrogen-bond donors (Lipinski definition) is 6. The highest BCUT2D eigenvalue weighted by Crippen LogP contribution is 2.35. The number of primary amides is 1. The summed E-state index contributed by atoms with van der Waals surface area (Å²) in [5, 5.41) is 14.6. The number of imide groups is 1. The van der Waals surface area contributed by atoms with Crippen LogP contribution in [0.15, 0.2) is 52.2 Å². The first-order valence-corrected chi connectivity index (χ1v) is 25.9. The van der Waals surface area contributed by atoms with Crippen molar-refractivity contribution in [2.75, 3.05) is 13.1 Å². The maximum absolute atomic E-state index is 13.9. The second-order valence-corrected chi connectivity index (χ2v) is 22.1. The number of nitrogens with two attached hydrogens (primary N) is 2. The first kappa shape index (κ1) is 53.9. The van der Waals surface area contributed by atoms with Gasteiger partial charge in [-0.05, 0) is 125 Å². The third-order valence-electron chi connectivity index (χ3n) is 14.2. The molecule has 0 bridgehead atoms. The zero-order valence-electron chi connectivity index (χ0n) is 40.8. The lowest BCUT2D eigenvalue weighted by Gasteiger charge is -2.38. The number of piperidine rings is 1. The predicted octanol–water partition coefficient (Wildman–Crippen LogP) is 1.32. The highest BCUT2D eigenvalue weighted by atomic mass is 32.2. The number of carbonyl (C=O) groups is 8. The first-order chi connectivity index (χ1) is 33.5. The molecular formula is C49H67N9O12S. The van der Waals surface area contributed by atoms with E-state index in [1.807, 2.05) is 18.2 Å². The van der Waals surface area contributed by atoms with Crippen molar-refractivity contribution in [3.63, 3.8) is 0 Å². The minimum absolute atomic E-state index is 0.00877. The molecule has 0 spiro atoms. The molecule has 7 rings (SSSR count). The molecule has 3 saturated heterocycles. The number of fused-ring (bicyclic) bond motifs is 2. The van der Waals surface area contributed by atoms with E-state index in [-0.39, 0.29) is 73.1 Å². The minimum atomic E-state index is -3.48. The summed E-state index contributed by atoms with van der Waals surface area (Å²) >= 11 is 0. The summed E-state index contributed by atoms with van der Waals surface area (Å²) in [6.07, 6.45) is 6.19. The smallest absolute Gasteiger partial charge is 0.329 e. The molecule has 21 nitrogen and oxygen atoms in total. The van der Waals surface area contributed by atoms with Crippen LogP contribution in [0.5, 0.6) is 0 Å². The van der Waals surface area contributed by atoms with Gasteiger partial charge in [0, 0.05) is 58.9 Å². The van der Waals surface area contributed by atoms with Crippen LogP contribution in [0.4, 0.5) is 0 Å². The normalized spacial score (nSPS) is 23.2. The molecule has 1 aliphatic carbocycles. The number of nitrogens with zero attached hydrogens (tertiary/aromatic N) is 4. The van der Waals surface area contributed by atoms with Crippen molar-refractivity contribution < 1.29 is 51.9 Å². The number of aliphatic carboxylic acids is 1. The predicted molar refractivity (Wildman–Crippen MR) is 259 cm³/mol. The number of carboxylic acids is 1. The number of aromatic nitrogens is 2. The highest BCUT2D eigenvalue weighted by Gasteiger charge is 2.45. The Hall–Kier alpha value is -6.42. The van der Waals surface area contributed by atoms with Gasteiger partial charge < -0.3 is 37.0 Å². The van der Waals surface area contributed by atoms with E-state index in [1.54, 1.807) is 42.5 Å². The number of nitrogens with one attached hydrogen (secondary N) is 3. The number of imidazole rings is 1. The summed E-state index contributed by atoms with van der Waals surface area (Å²) in [7, 11) is -1.79. The van der Waals surface area contributed by atoms with Crippen molar-refractivity contribution in [3.8, 4) is 0 Å². The summed E-state index contributed by atoms with van der Waals surface area (Å²) in [5.41, 5.74) is 14.6. The van der Waals surface area contributed by atoms with Crippen LogP contribution in [0.25, 0.3) is 11.0 Å². The average molecular weight is 1010 g/mol. The summed E-state index contributed by atoms with van der Waals surface area (Å²) in [5.74, 6) is -3.38. The number of carbonyl (C=O) groups excluding carboxylic acids is 7. The van der Waals surface area contributed by atoms with E-state index in [1.165, 1.54) is 21.6 Å². The molecule has 8 N–H and O–H groups in total. The molecule has 3 aromatic rings. The molecule has 71 heavy (non-hydrogen) atoms. The molecule has 4 fully saturated rings.